The van der Waals surface area contributed by atoms with Crippen molar-refractivity contribution < 1.29 is 47.7 Å². The second-order valence-corrected chi connectivity index (χ2v) is 15.2. The van der Waals surface area contributed by atoms with E-state index in [4.69, 9.17) is 19.9 Å². The first-order valence-electron chi connectivity index (χ1n) is 18.7. The van der Waals surface area contributed by atoms with Crippen LogP contribution in [0.1, 0.15) is 115 Å². The number of likely N-dealkylation sites (tertiary alicyclic amines) is 2. The van der Waals surface area contributed by atoms with Crippen molar-refractivity contribution in [2.45, 2.75) is 104 Å². The molecule has 5 heterocycles. The average molecular weight is 785 g/mol. The van der Waals surface area contributed by atoms with E-state index >= 15 is 0 Å². The van der Waals surface area contributed by atoms with E-state index in [1.807, 2.05) is 53.7 Å². The molecule has 3 N–H and O–H groups in total. The van der Waals surface area contributed by atoms with Crippen LogP contribution in [0, 0.1) is 5.92 Å². The summed E-state index contributed by atoms with van der Waals surface area (Å²) in [6, 6.07) is 3.80. The molecule has 0 atom stereocenters. The quantitative estimate of drug-likeness (QED) is 0.137. The van der Waals surface area contributed by atoms with Crippen molar-refractivity contribution in [1.29, 1.82) is 0 Å². The maximum absolute atomic E-state index is 12.2. The van der Waals surface area contributed by atoms with Crippen molar-refractivity contribution in [2.24, 2.45) is 5.92 Å². The van der Waals surface area contributed by atoms with Crippen LogP contribution in [0.25, 0.3) is 5.65 Å². The number of anilines is 1. The predicted octanol–water partition coefficient (Wildman–Crippen LogP) is 4.69. The van der Waals surface area contributed by atoms with Gasteiger partial charge in [0, 0.05) is 68.2 Å². The summed E-state index contributed by atoms with van der Waals surface area (Å²) in [5.41, 5.74) is 7.72. The third kappa shape index (κ3) is 13.9. The molecule has 0 bridgehead atoms. The van der Waals surface area contributed by atoms with Crippen LogP contribution in [-0.4, -0.2) is 122 Å². The molecule has 18 heteroatoms. The van der Waals surface area contributed by atoms with E-state index in [1.54, 1.807) is 34.4 Å². The van der Waals surface area contributed by atoms with Gasteiger partial charge in [-0.25, -0.2) is 23.9 Å². The summed E-state index contributed by atoms with van der Waals surface area (Å²) >= 11 is 0. The second kappa shape index (κ2) is 20.4. The number of hydrogen-bond acceptors (Lipinski definition) is 14. The van der Waals surface area contributed by atoms with Gasteiger partial charge in [0.25, 0.3) is 0 Å². The zero-order chi connectivity index (χ0) is 41.6. The van der Waals surface area contributed by atoms with Gasteiger partial charge in [0.05, 0.1) is 24.5 Å². The molecule has 5 rings (SSSR count). The predicted molar refractivity (Wildman–Crippen MR) is 204 cm³/mol. The first-order chi connectivity index (χ1) is 26.4. The normalized spacial score (nSPS) is 15.2. The van der Waals surface area contributed by atoms with Gasteiger partial charge >= 0.3 is 24.1 Å². The largest absolute Gasteiger partial charge is 0.465 e. The number of nitrogens with two attached hydrogens (primary N) is 1. The minimum atomic E-state index is -1.25. The summed E-state index contributed by atoms with van der Waals surface area (Å²) in [5, 5.41) is 11.5. The van der Waals surface area contributed by atoms with Crippen molar-refractivity contribution in [3.05, 3.63) is 41.5 Å². The Balaban J connectivity index is 0.000000252. The number of H-pyrrole nitrogens is 1. The second-order valence-electron chi connectivity index (χ2n) is 15.2. The number of nitrogens with one attached hydrogen (secondary N) is 1. The summed E-state index contributed by atoms with van der Waals surface area (Å²) in [5.74, 6) is -1.29. The monoisotopic (exact) mass is 784 g/mol. The molecule has 56 heavy (non-hydrogen) atoms. The van der Waals surface area contributed by atoms with Gasteiger partial charge in [-0.1, -0.05) is 0 Å². The smallest absolute Gasteiger partial charge is 0.410 e. The van der Waals surface area contributed by atoms with Crippen LogP contribution in [0.4, 0.5) is 15.4 Å². The zero-order valence-corrected chi connectivity index (χ0v) is 33.6. The average Bonchev–Trinajstić information content (AvgIpc) is 3.78. The van der Waals surface area contributed by atoms with Crippen LogP contribution in [0.3, 0.4) is 0 Å². The zero-order valence-electron chi connectivity index (χ0n) is 33.6. The number of aromatic nitrogens is 5. The Kier molecular flexibility index (Phi) is 16.3. The number of esters is 2. The lowest BCUT2D eigenvalue weighted by Crippen LogP contribution is -2.41. The highest BCUT2D eigenvalue weighted by Crippen LogP contribution is 2.29. The fourth-order valence-corrected chi connectivity index (χ4v) is 5.74. The lowest BCUT2D eigenvalue weighted by atomic mass is 9.94. The van der Waals surface area contributed by atoms with E-state index in [0.29, 0.717) is 55.7 Å². The molecule has 0 spiro atoms. The van der Waals surface area contributed by atoms with Gasteiger partial charge in [-0.2, -0.15) is 10.2 Å². The molecule has 0 saturated carbocycles. The van der Waals surface area contributed by atoms with Crippen LogP contribution >= 0.6 is 0 Å². The molecule has 3 aromatic heterocycles. The van der Waals surface area contributed by atoms with Crippen molar-refractivity contribution in [2.75, 3.05) is 45.1 Å². The van der Waals surface area contributed by atoms with E-state index in [0.717, 1.165) is 37.1 Å². The molecule has 2 aliphatic heterocycles. The fourth-order valence-electron chi connectivity index (χ4n) is 5.74. The molecule has 0 unspecified atom stereocenters. The number of aromatic amines is 1. The Hall–Kier alpha value is -5.55. The molecule has 0 aliphatic carbocycles. The van der Waals surface area contributed by atoms with Crippen LogP contribution in [0.2, 0.25) is 0 Å². The molecule has 2 amide bonds. The van der Waals surface area contributed by atoms with Gasteiger partial charge in [-0.05, 0) is 81.1 Å². The lowest BCUT2D eigenvalue weighted by Gasteiger charge is -2.33. The van der Waals surface area contributed by atoms with Crippen molar-refractivity contribution >= 4 is 48.2 Å². The Labute approximate surface area is 326 Å². The lowest BCUT2D eigenvalue weighted by molar-refractivity contribution is -0.150. The van der Waals surface area contributed by atoms with Crippen LogP contribution in [0.15, 0.2) is 24.5 Å². The standard InChI is InChI=1S/C19H26N4O4.C13H22N4O2.C6H8O4/c1-5-26-17(24)14-11-20-16-10-15(21-23(16)12-14)13-6-8-22(9-7-13)18(25)27-19(2,3)4;1-13(2,3)19-12(18)17-6-4-9(5-7-17)10-8-11(14)16-15-10;1-2-10-6(9)5(3-7)4-8/h10-13H,5-9H2,1-4H3;8-9H,4-7H2,1-3H3,(H3,14,15,16);3-5H,2H2,1H3. The number of hydrogen-bond donors (Lipinski definition) is 2. The first-order valence-corrected chi connectivity index (χ1v) is 18.7. The SMILES string of the molecule is CC(C)(C)OC(=O)N1CCC(c2cc(N)n[nH]2)CC1.CCOC(=O)C(C=O)C=O.CCOC(=O)c1cnc2cc(C3CCN(C(=O)OC(C)(C)C)CC3)nn2c1. The van der Waals surface area contributed by atoms with E-state index in [9.17, 15) is 28.8 Å². The Morgan fingerprint density at radius 2 is 1.36 bits per heavy atom. The molecule has 2 saturated heterocycles. The van der Waals surface area contributed by atoms with Gasteiger partial charge in [0.15, 0.2) is 11.6 Å². The summed E-state index contributed by atoms with van der Waals surface area (Å²) in [4.78, 5) is 74.1. The number of aldehydes is 2. The number of carbonyl (C=O) groups excluding carboxylic acids is 6. The number of nitrogen functional groups attached to an aromatic ring is 1. The number of amides is 2. The highest BCUT2D eigenvalue weighted by Gasteiger charge is 2.30. The van der Waals surface area contributed by atoms with Crippen molar-refractivity contribution in [1.82, 2.24) is 34.6 Å². The first kappa shape index (κ1) is 44.8. The van der Waals surface area contributed by atoms with Gasteiger partial charge in [0.2, 0.25) is 0 Å². The molecule has 2 aliphatic rings. The number of carbonyl (C=O) groups is 6. The molecule has 0 aromatic carbocycles. The number of ether oxygens (including phenoxy) is 4. The highest BCUT2D eigenvalue weighted by atomic mass is 16.6. The van der Waals surface area contributed by atoms with Crippen molar-refractivity contribution in [3.8, 4) is 0 Å². The van der Waals surface area contributed by atoms with E-state index in [1.165, 1.54) is 6.20 Å². The number of piperidine rings is 2. The Bertz CT molecular complexity index is 1770. The van der Waals surface area contributed by atoms with Crippen LogP contribution in [0.5, 0.6) is 0 Å². The third-order valence-corrected chi connectivity index (χ3v) is 8.46. The maximum Gasteiger partial charge on any atom is 0.410 e. The van der Waals surface area contributed by atoms with Crippen LogP contribution < -0.4 is 5.73 Å². The van der Waals surface area contributed by atoms with Gasteiger partial charge in [0.1, 0.15) is 29.6 Å². The maximum atomic E-state index is 12.2. The van der Waals surface area contributed by atoms with E-state index in [2.05, 4.69) is 25.0 Å². The number of fused-ring (bicyclic) bond motifs is 1. The minimum Gasteiger partial charge on any atom is -0.465 e. The van der Waals surface area contributed by atoms with E-state index in [-0.39, 0.29) is 37.3 Å². The van der Waals surface area contributed by atoms with Gasteiger partial charge < -0.3 is 44.1 Å². The molecule has 3 aromatic rings. The van der Waals surface area contributed by atoms with Gasteiger partial charge in [-0.15, -0.1) is 0 Å². The molecule has 2 fully saturated rings. The van der Waals surface area contributed by atoms with E-state index < -0.39 is 29.1 Å². The Morgan fingerprint density at radius 3 is 1.80 bits per heavy atom. The number of rotatable bonds is 8. The summed E-state index contributed by atoms with van der Waals surface area (Å²) in [6.45, 7) is 17.8. The van der Waals surface area contributed by atoms with Crippen molar-refractivity contribution in [3.63, 3.8) is 0 Å². The fraction of sp³-hybridized carbons (Fsp3) is 0.605. The summed E-state index contributed by atoms with van der Waals surface area (Å²) in [6.07, 6.45) is 6.59. The van der Waals surface area contributed by atoms with Crippen LogP contribution in [-0.2, 0) is 33.3 Å². The molecule has 308 valence electrons. The Morgan fingerprint density at radius 1 is 0.839 bits per heavy atom. The molecular formula is C38H56N8O10. The molecule has 18 nitrogen and oxygen atoms in total. The molecule has 0 radical (unpaired) electrons. The third-order valence-electron chi connectivity index (χ3n) is 8.46. The molecular weight excluding hydrogens is 728 g/mol. The van der Waals surface area contributed by atoms with Gasteiger partial charge in [-0.3, -0.25) is 9.89 Å². The number of nitrogens with zero attached hydrogens (tertiary/aromatic N) is 6. The highest BCUT2D eigenvalue weighted by molar-refractivity contribution is 6.02. The summed E-state index contributed by atoms with van der Waals surface area (Å²) in [7, 11) is 0. The topological polar surface area (TPSA) is 231 Å². The summed E-state index contributed by atoms with van der Waals surface area (Å²) < 4.78 is 21.8. The minimum absolute atomic E-state index is 0.178.